The van der Waals surface area contributed by atoms with Crippen LogP contribution in [0.3, 0.4) is 0 Å². The summed E-state index contributed by atoms with van der Waals surface area (Å²) in [6.07, 6.45) is 5.51. The second-order valence-electron chi connectivity index (χ2n) is 6.86. The van der Waals surface area contributed by atoms with Gasteiger partial charge in [0.1, 0.15) is 0 Å². The maximum absolute atomic E-state index is 9.53. The van der Waals surface area contributed by atoms with Crippen LogP contribution in [0.15, 0.2) is 4.99 Å². The predicted molar refractivity (Wildman–Crippen MR) is 108 cm³/mol. The Hall–Kier alpha value is -0.0800. The van der Waals surface area contributed by atoms with E-state index in [0.717, 1.165) is 77.0 Å². The van der Waals surface area contributed by atoms with Gasteiger partial charge in [0, 0.05) is 39.3 Å². The smallest absolute Gasteiger partial charge is 0.193 e. The third kappa shape index (κ3) is 7.56. The van der Waals surface area contributed by atoms with Crippen LogP contribution in [-0.2, 0) is 0 Å². The van der Waals surface area contributed by atoms with Crippen LogP contribution in [0.25, 0.3) is 0 Å². The molecule has 0 aromatic rings. The average Bonchev–Trinajstić information content (AvgIpc) is 2.52. The highest BCUT2D eigenvalue weighted by molar-refractivity contribution is 14.0. The summed E-state index contributed by atoms with van der Waals surface area (Å²) in [5.41, 5.74) is 0. The molecule has 2 fully saturated rings. The Balaban J connectivity index is 0.00000264. The standard InChI is InChI=1S/C17H34N4O.HI/c1-3-18-17(21-11-4-6-15(2)14-21)19-9-5-10-20-12-7-16(22)8-13-20;/h15-16,22H,3-14H2,1-2H3,(H,18,19);1H. The first-order valence-corrected chi connectivity index (χ1v) is 9.12. The third-order valence-corrected chi connectivity index (χ3v) is 4.74. The van der Waals surface area contributed by atoms with Gasteiger partial charge in [-0.3, -0.25) is 4.99 Å². The molecular weight excluding hydrogens is 403 g/mol. The summed E-state index contributed by atoms with van der Waals surface area (Å²) in [4.78, 5) is 9.71. The van der Waals surface area contributed by atoms with Crippen molar-refractivity contribution in [2.75, 3.05) is 45.8 Å². The van der Waals surface area contributed by atoms with Gasteiger partial charge in [-0.1, -0.05) is 6.92 Å². The molecule has 0 saturated carbocycles. The quantitative estimate of drug-likeness (QED) is 0.299. The monoisotopic (exact) mass is 438 g/mol. The number of nitrogens with zero attached hydrogens (tertiary/aromatic N) is 3. The minimum atomic E-state index is -0.0734. The van der Waals surface area contributed by atoms with Gasteiger partial charge < -0.3 is 20.2 Å². The van der Waals surface area contributed by atoms with Gasteiger partial charge in [-0.2, -0.15) is 0 Å². The minimum absolute atomic E-state index is 0. The molecule has 2 heterocycles. The number of nitrogens with one attached hydrogen (secondary N) is 1. The van der Waals surface area contributed by atoms with Gasteiger partial charge in [0.15, 0.2) is 5.96 Å². The number of aliphatic hydroxyl groups excluding tert-OH is 1. The number of piperidine rings is 2. The number of hydrogen-bond acceptors (Lipinski definition) is 3. The summed E-state index contributed by atoms with van der Waals surface area (Å²) in [5.74, 6) is 1.88. The predicted octanol–water partition coefficient (Wildman–Crippen LogP) is 2.15. The first-order valence-electron chi connectivity index (χ1n) is 9.12. The highest BCUT2D eigenvalue weighted by atomic mass is 127. The first kappa shape index (κ1) is 21.0. The molecule has 0 amide bonds. The van der Waals surface area contributed by atoms with Crippen molar-refractivity contribution in [2.24, 2.45) is 10.9 Å². The molecule has 136 valence electrons. The molecule has 2 aliphatic heterocycles. The molecule has 2 aliphatic rings. The zero-order valence-electron chi connectivity index (χ0n) is 14.8. The Kier molecular flexibility index (Phi) is 10.5. The lowest BCUT2D eigenvalue weighted by Gasteiger charge is -2.33. The van der Waals surface area contributed by atoms with Crippen molar-refractivity contribution < 1.29 is 5.11 Å². The van der Waals surface area contributed by atoms with E-state index in [2.05, 4.69) is 29.0 Å². The van der Waals surface area contributed by atoms with Crippen LogP contribution in [0, 0.1) is 5.92 Å². The molecule has 0 bridgehead atoms. The largest absolute Gasteiger partial charge is 0.393 e. The first-order chi connectivity index (χ1) is 10.7. The molecule has 0 radical (unpaired) electrons. The van der Waals surface area contributed by atoms with E-state index in [1.54, 1.807) is 0 Å². The Morgan fingerprint density at radius 1 is 1.22 bits per heavy atom. The van der Waals surface area contributed by atoms with Gasteiger partial charge in [0.25, 0.3) is 0 Å². The SMILES string of the molecule is CCNC(=NCCCN1CCC(O)CC1)N1CCCC(C)C1.I. The van der Waals surface area contributed by atoms with Crippen molar-refractivity contribution in [3.63, 3.8) is 0 Å². The molecule has 5 nitrogen and oxygen atoms in total. The van der Waals surface area contributed by atoms with Crippen molar-refractivity contribution >= 4 is 29.9 Å². The van der Waals surface area contributed by atoms with E-state index < -0.39 is 0 Å². The Morgan fingerprint density at radius 3 is 2.61 bits per heavy atom. The zero-order valence-corrected chi connectivity index (χ0v) is 17.2. The van der Waals surface area contributed by atoms with Crippen molar-refractivity contribution in [1.29, 1.82) is 0 Å². The number of aliphatic imine (C=N–C) groups is 1. The van der Waals surface area contributed by atoms with E-state index in [-0.39, 0.29) is 30.1 Å². The molecule has 2 saturated heterocycles. The summed E-state index contributed by atoms with van der Waals surface area (Å²) in [6, 6.07) is 0. The van der Waals surface area contributed by atoms with Crippen LogP contribution < -0.4 is 5.32 Å². The molecule has 1 unspecified atom stereocenters. The number of halogens is 1. The lowest BCUT2D eigenvalue weighted by Crippen LogP contribution is -2.46. The molecule has 0 spiro atoms. The van der Waals surface area contributed by atoms with E-state index >= 15 is 0 Å². The lowest BCUT2D eigenvalue weighted by atomic mass is 10.0. The Morgan fingerprint density at radius 2 is 1.96 bits per heavy atom. The second-order valence-corrected chi connectivity index (χ2v) is 6.86. The van der Waals surface area contributed by atoms with Crippen LogP contribution in [0.4, 0.5) is 0 Å². The summed E-state index contributed by atoms with van der Waals surface area (Å²) < 4.78 is 0. The van der Waals surface area contributed by atoms with Gasteiger partial charge in [-0.15, -0.1) is 24.0 Å². The summed E-state index contributed by atoms with van der Waals surface area (Å²) in [7, 11) is 0. The van der Waals surface area contributed by atoms with Crippen LogP contribution in [-0.4, -0.2) is 72.8 Å². The fraction of sp³-hybridized carbons (Fsp3) is 0.941. The number of rotatable bonds is 5. The average molecular weight is 438 g/mol. The maximum atomic E-state index is 9.53. The summed E-state index contributed by atoms with van der Waals surface area (Å²) >= 11 is 0. The topological polar surface area (TPSA) is 51.1 Å². The molecule has 23 heavy (non-hydrogen) atoms. The molecular formula is C17H35IN4O. The van der Waals surface area contributed by atoms with E-state index in [4.69, 9.17) is 4.99 Å². The Labute approximate surface area is 158 Å². The highest BCUT2D eigenvalue weighted by Gasteiger charge is 2.19. The second kappa shape index (κ2) is 11.5. The van der Waals surface area contributed by atoms with Gasteiger partial charge in [0.05, 0.1) is 6.10 Å². The number of aliphatic hydroxyl groups is 1. The fourth-order valence-corrected chi connectivity index (χ4v) is 3.43. The molecule has 0 aromatic carbocycles. The lowest BCUT2D eigenvalue weighted by molar-refractivity contribution is 0.0824. The van der Waals surface area contributed by atoms with Crippen molar-refractivity contribution in [1.82, 2.24) is 15.1 Å². The molecule has 6 heteroatoms. The number of hydrogen-bond donors (Lipinski definition) is 2. The molecule has 0 aromatic heterocycles. The van der Waals surface area contributed by atoms with E-state index in [1.165, 1.54) is 12.8 Å². The molecule has 2 N–H and O–H groups in total. The number of guanidine groups is 1. The summed E-state index contributed by atoms with van der Waals surface area (Å²) in [6.45, 7) is 11.8. The molecule has 2 rings (SSSR count). The van der Waals surface area contributed by atoms with Gasteiger partial charge >= 0.3 is 0 Å². The van der Waals surface area contributed by atoms with E-state index in [1.807, 2.05) is 0 Å². The van der Waals surface area contributed by atoms with Crippen LogP contribution in [0.1, 0.15) is 46.0 Å². The van der Waals surface area contributed by atoms with Crippen LogP contribution in [0.5, 0.6) is 0 Å². The highest BCUT2D eigenvalue weighted by Crippen LogP contribution is 2.15. The van der Waals surface area contributed by atoms with Gasteiger partial charge in [0.2, 0.25) is 0 Å². The van der Waals surface area contributed by atoms with Crippen molar-refractivity contribution in [2.45, 2.75) is 52.1 Å². The molecule has 1 atom stereocenters. The van der Waals surface area contributed by atoms with Crippen molar-refractivity contribution in [3.8, 4) is 0 Å². The van der Waals surface area contributed by atoms with Crippen LogP contribution in [0.2, 0.25) is 0 Å². The zero-order chi connectivity index (χ0) is 15.8. The third-order valence-electron chi connectivity index (χ3n) is 4.74. The van der Waals surface area contributed by atoms with Crippen molar-refractivity contribution in [3.05, 3.63) is 0 Å². The van der Waals surface area contributed by atoms with Gasteiger partial charge in [-0.05, 0) is 51.5 Å². The maximum Gasteiger partial charge on any atom is 0.193 e. The Bertz CT molecular complexity index is 345. The fourth-order valence-electron chi connectivity index (χ4n) is 3.43. The van der Waals surface area contributed by atoms with E-state index in [9.17, 15) is 5.11 Å². The van der Waals surface area contributed by atoms with Crippen LogP contribution >= 0.6 is 24.0 Å². The number of likely N-dealkylation sites (tertiary alicyclic amines) is 2. The minimum Gasteiger partial charge on any atom is -0.393 e. The van der Waals surface area contributed by atoms with E-state index in [0.29, 0.717) is 0 Å². The van der Waals surface area contributed by atoms with Gasteiger partial charge in [-0.25, -0.2) is 0 Å². The summed E-state index contributed by atoms with van der Waals surface area (Å²) in [5, 5.41) is 13.0. The normalized spacial score (nSPS) is 24.4. The molecule has 0 aliphatic carbocycles.